The fourth-order valence-corrected chi connectivity index (χ4v) is 0.182. The van der Waals surface area contributed by atoms with Crippen LogP contribution in [-0.2, 0) is 9.53 Å². The first-order valence-corrected chi connectivity index (χ1v) is 2.04. The van der Waals surface area contributed by atoms with Gasteiger partial charge in [-0.1, -0.05) is 6.58 Å². The Balaban J connectivity index is 3.78. The zero-order valence-electron chi connectivity index (χ0n) is 4.56. The molecule has 0 atom stereocenters. The second-order valence-corrected chi connectivity index (χ2v) is 1.13. The molecule has 0 spiro atoms. The summed E-state index contributed by atoms with van der Waals surface area (Å²) in [6.07, 6.45) is 0. The van der Waals surface area contributed by atoms with E-state index < -0.39 is 18.4 Å². The predicted molar refractivity (Wildman–Crippen MR) is 26.8 cm³/mol. The number of alkyl halides is 1. The molecule has 0 aliphatic heterocycles. The smallest absolute Gasteiger partial charge is 0.350 e. The molecule has 0 heterocycles. The van der Waals surface area contributed by atoms with Crippen molar-refractivity contribution in [2.75, 3.05) is 6.86 Å². The molecule has 9 heavy (non-hydrogen) atoms. The van der Waals surface area contributed by atoms with Gasteiger partial charge in [-0.3, -0.25) is 0 Å². The quantitative estimate of drug-likeness (QED) is 0.310. The highest BCUT2D eigenvalue weighted by atomic mass is 19.1. The summed E-state index contributed by atoms with van der Waals surface area (Å²) >= 11 is 0. The van der Waals surface area contributed by atoms with Crippen LogP contribution >= 0.6 is 0 Å². The lowest BCUT2D eigenvalue weighted by atomic mass is 10.3. The molecular formula is C5H4FNO2. The number of ether oxygens (including phenoxy) is 1. The average Bonchev–Trinajstić information content (AvgIpc) is 1.87. The molecule has 0 aromatic heterocycles. The molecule has 0 rings (SSSR count). The largest absolute Gasteiger partial charge is 0.430 e. The van der Waals surface area contributed by atoms with Crippen molar-refractivity contribution in [2.24, 2.45) is 0 Å². The van der Waals surface area contributed by atoms with E-state index in [1.54, 1.807) is 0 Å². The Labute approximate surface area is 51.3 Å². The zero-order valence-corrected chi connectivity index (χ0v) is 4.56. The number of nitrogens with zero attached hydrogens (tertiary/aromatic N) is 1. The van der Waals surface area contributed by atoms with E-state index in [9.17, 15) is 9.18 Å². The summed E-state index contributed by atoms with van der Waals surface area (Å²) in [5, 5.41) is 7.96. The minimum Gasteiger partial charge on any atom is -0.430 e. The van der Waals surface area contributed by atoms with Crippen molar-refractivity contribution >= 4 is 5.97 Å². The van der Waals surface area contributed by atoms with Crippen LogP contribution in [-0.4, -0.2) is 12.8 Å². The Morgan fingerprint density at radius 1 is 1.89 bits per heavy atom. The summed E-state index contributed by atoms with van der Waals surface area (Å²) in [7, 11) is 0. The molecule has 3 nitrogen and oxygen atoms in total. The van der Waals surface area contributed by atoms with Gasteiger partial charge in [0, 0.05) is 0 Å². The number of carbonyl (C=O) groups is 1. The van der Waals surface area contributed by atoms with Gasteiger partial charge in [0.2, 0.25) is 6.86 Å². The van der Waals surface area contributed by atoms with Gasteiger partial charge in [-0.15, -0.1) is 0 Å². The van der Waals surface area contributed by atoms with E-state index in [2.05, 4.69) is 11.3 Å². The molecule has 0 N–H and O–H groups in total. The van der Waals surface area contributed by atoms with Crippen molar-refractivity contribution in [3.63, 3.8) is 0 Å². The van der Waals surface area contributed by atoms with Gasteiger partial charge in [-0.25, -0.2) is 9.18 Å². The highest BCUT2D eigenvalue weighted by Crippen LogP contribution is 1.90. The van der Waals surface area contributed by atoms with E-state index in [-0.39, 0.29) is 0 Å². The lowest BCUT2D eigenvalue weighted by Crippen LogP contribution is -2.03. The minimum atomic E-state index is -1.22. The Kier molecular flexibility index (Phi) is 3.06. The van der Waals surface area contributed by atoms with Crippen LogP contribution in [0.15, 0.2) is 12.2 Å². The van der Waals surface area contributed by atoms with Crippen molar-refractivity contribution in [3.05, 3.63) is 12.2 Å². The standard InChI is InChI=1S/C5H4FNO2/c1-4(2-7)5(8)9-3-6/h1,3H2. The number of halogens is 1. The Hall–Kier alpha value is -1.37. The van der Waals surface area contributed by atoms with Crippen LogP contribution in [0.4, 0.5) is 4.39 Å². The number of esters is 1. The van der Waals surface area contributed by atoms with Crippen LogP contribution in [0.25, 0.3) is 0 Å². The molecular weight excluding hydrogens is 125 g/mol. The second-order valence-electron chi connectivity index (χ2n) is 1.13. The molecule has 0 bridgehead atoms. The summed E-state index contributed by atoms with van der Waals surface area (Å²) < 4.78 is 14.9. The number of rotatable bonds is 2. The fraction of sp³-hybridized carbons (Fsp3) is 0.200. The predicted octanol–water partition coefficient (Wildman–Crippen LogP) is 0.536. The normalized spacial score (nSPS) is 7.56. The first-order valence-electron chi connectivity index (χ1n) is 2.04. The fourth-order valence-electron chi connectivity index (χ4n) is 0.182. The van der Waals surface area contributed by atoms with Gasteiger partial charge < -0.3 is 4.74 Å². The summed E-state index contributed by atoms with van der Waals surface area (Å²) in [6, 6.07) is 1.41. The molecule has 0 amide bonds. The van der Waals surface area contributed by atoms with Gasteiger partial charge in [-0.05, 0) is 0 Å². The summed E-state index contributed by atoms with van der Waals surface area (Å²) in [5.41, 5.74) is -0.396. The Bertz CT molecular complexity index is 170. The van der Waals surface area contributed by atoms with Gasteiger partial charge in [0.05, 0.1) is 0 Å². The zero-order chi connectivity index (χ0) is 7.28. The van der Waals surface area contributed by atoms with Crippen molar-refractivity contribution < 1.29 is 13.9 Å². The molecule has 0 unspecified atom stereocenters. The Morgan fingerprint density at radius 3 is 2.78 bits per heavy atom. The molecule has 0 saturated heterocycles. The Morgan fingerprint density at radius 2 is 2.44 bits per heavy atom. The summed E-state index contributed by atoms with van der Waals surface area (Å²) in [6.45, 7) is 1.77. The SMILES string of the molecule is C=C(C#N)C(=O)OCF. The van der Waals surface area contributed by atoms with Crippen molar-refractivity contribution in [2.45, 2.75) is 0 Å². The van der Waals surface area contributed by atoms with E-state index in [4.69, 9.17) is 5.26 Å². The van der Waals surface area contributed by atoms with Crippen LogP contribution in [0.3, 0.4) is 0 Å². The molecule has 0 aromatic carbocycles. The number of hydrogen-bond donors (Lipinski definition) is 0. The topological polar surface area (TPSA) is 50.1 Å². The van der Waals surface area contributed by atoms with E-state index in [0.717, 1.165) is 0 Å². The van der Waals surface area contributed by atoms with Gasteiger partial charge >= 0.3 is 5.97 Å². The molecule has 0 radical (unpaired) electrons. The van der Waals surface area contributed by atoms with Crippen LogP contribution < -0.4 is 0 Å². The summed E-state index contributed by atoms with van der Waals surface area (Å²) in [4.78, 5) is 10.2. The molecule has 0 aromatic rings. The second kappa shape index (κ2) is 3.61. The van der Waals surface area contributed by atoms with Crippen molar-refractivity contribution in [3.8, 4) is 6.07 Å². The van der Waals surface area contributed by atoms with E-state index in [1.807, 2.05) is 0 Å². The maximum atomic E-state index is 11.1. The van der Waals surface area contributed by atoms with Crippen molar-refractivity contribution in [1.82, 2.24) is 0 Å². The van der Waals surface area contributed by atoms with Crippen LogP contribution in [0.2, 0.25) is 0 Å². The van der Waals surface area contributed by atoms with E-state index in [1.165, 1.54) is 6.07 Å². The number of carbonyl (C=O) groups excluding carboxylic acids is 1. The molecule has 0 saturated carbocycles. The van der Waals surface area contributed by atoms with Gasteiger partial charge in [0.15, 0.2) is 0 Å². The average molecular weight is 129 g/mol. The third kappa shape index (κ3) is 2.44. The van der Waals surface area contributed by atoms with Crippen LogP contribution in [0.5, 0.6) is 0 Å². The maximum Gasteiger partial charge on any atom is 0.350 e. The molecule has 48 valence electrons. The third-order valence-electron chi connectivity index (χ3n) is 0.567. The van der Waals surface area contributed by atoms with Gasteiger partial charge in [0.25, 0.3) is 0 Å². The maximum absolute atomic E-state index is 11.1. The van der Waals surface area contributed by atoms with Crippen molar-refractivity contribution in [1.29, 1.82) is 5.26 Å². The third-order valence-corrected chi connectivity index (χ3v) is 0.567. The molecule has 0 fully saturated rings. The van der Waals surface area contributed by atoms with Crippen LogP contribution in [0.1, 0.15) is 0 Å². The highest BCUT2D eigenvalue weighted by Gasteiger charge is 2.04. The lowest BCUT2D eigenvalue weighted by Gasteiger charge is -1.92. The highest BCUT2D eigenvalue weighted by molar-refractivity contribution is 5.91. The minimum absolute atomic E-state index is 0.396. The first-order chi connectivity index (χ1) is 4.22. The molecule has 0 aliphatic rings. The van der Waals surface area contributed by atoms with Gasteiger partial charge in [-0.2, -0.15) is 5.26 Å². The number of hydrogen-bond acceptors (Lipinski definition) is 3. The van der Waals surface area contributed by atoms with E-state index >= 15 is 0 Å². The monoisotopic (exact) mass is 129 g/mol. The number of nitriles is 1. The molecule has 0 aliphatic carbocycles. The molecule has 4 heteroatoms. The summed E-state index contributed by atoms with van der Waals surface area (Å²) in [5.74, 6) is -1.01. The first kappa shape index (κ1) is 7.63. The van der Waals surface area contributed by atoms with Gasteiger partial charge in [0.1, 0.15) is 11.6 Å². The van der Waals surface area contributed by atoms with Crippen LogP contribution in [0, 0.1) is 11.3 Å². The van der Waals surface area contributed by atoms with E-state index in [0.29, 0.717) is 0 Å². The lowest BCUT2D eigenvalue weighted by molar-refractivity contribution is -0.142.